The van der Waals surface area contributed by atoms with Crippen LogP contribution >= 0.6 is 15.9 Å². The van der Waals surface area contributed by atoms with Gasteiger partial charge in [0, 0.05) is 11.6 Å². The molecule has 0 spiro atoms. The fraction of sp³-hybridized carbons (Fsp3) is 0.571. The maximum atomic E-state index is 13.8. The zero-order valence-electron chi connectivity index (χ0n) is 10.5. The summed E-state index contributed by atoms with van der Waals surface area (Å²) >= 11 is 3.10. The molecule has 100 valence electrons. The summed E-state index contributed by atoms with van der Waals surface area (Å²) in [5.41, 5.74) is 0.187. The van der Waals surface area contributed by atoms with E-state index in [1.54, 1.807) is 0 Å². The van der Waals surface area contributed by atoms with E-state index in [1.807, 2.05) is 6.92 Å². The van der Waals surface area contributed by atoms with Crippen LogP contribution in [-0.2, 0) is 6.42 Å². The number of hydrogen-bond donors (Lipinski definition) is 1. The molecule has 0 aromatic heterocycles. The lowest BCUT2D eigenvalue weighted by atomic mass is 9.92. The molecular weight excluding hydrogens is 300 g/mol. The van der Waals surface area contributed by atoms with E-state index in [0.717, 1.165) is 6.54 Å². The summed E-state index contributed by atoms with van der Waals surface area (Å²) in [7, 11) is 0. The first-order chi connectivity index (χ1) is 8.58. The van der Waals surface area contributed by atoms with Gasteiger partial charge in [-0.25, -0.2) is 8.78 Å². The van der Waals surface area contributed by atoms with E-state index in [9.17, 15) is 8.78 Å². The summed E-state index contributed by atoms with van der Waals surface area (Å²) in [5, 5.41) is 3.44. The lowest BCUT2D eigenvalue weighted by Gasteiger charge is -2.28. The lowest BCUT2D eigenvalue weighted by molar-refractivity contribution is 0.319. The molecule has 0 bridgehead atoms. The second-order valence-corrected chi connectivity index (χ2v) is 6.02. The van der Waals surface area contributed by atoms with Crippen molar-refractivity contribution in [3.05, 3.63) is 33.8 Å². The number of rotatable bonds is 5. The number of nitrogens with one attached hydrogen (secondary N) is 1. The van der Waals surface area contributed by atoms with E-state index in [0.29, 0.717) is 16.9 Å². The Hall–Kier alpha value is -0.480. The Bertz CT molecular complexity index is 419. The molecule has 0 saturated heterocycles. The molecule has 1 aliphatic carbocycles. The Morgan fingerprint density at radius 2 is 2.11 bits per heavy atom. The molecule has 0 heterocycles. The van der Waals surface area contributed by atoms with E-state index >= 15 is 0 Å². The van der Waals surface area contributed by atoms with E-state index in [4.69, 9.17) is 0 Å². The van der Waals surface area contributed by atoms with Gasteiger partial charge in [-0.15, -0.1) is 0 Å². The molecule has 0 amide bonds. The van der Waals surface area contributed by atoms with Gasteiger partial charge in [-0.05, 0) is 59.8 Å². The smallest absolute Gasteiger partial charge is 0.143 e. The minimum Gasteiger partial charge on any atom is -0.314 e. The number of halogens is 3. The monoisotopic (exact) mass is 317 g/mol. The topological polar surface area (TPSA) is 12.0 Å². The van der Waals surface area contributed by atoms with Crippen LogP contribution in [0.25, 0.3) is 0 Å². The van der Waals surface area contributed by atoms with Crippen LogP contribution in [0, 0.1) is 17.6 Å². The lowest BCUT2D eigenvalue weighted by Crippen LogP contribution is -2.38. The Balaban J connectivity index is 1.93. The Morgan fingerprint density at radius 3 is 2.72 bits per heavy atom. The third-order valence-corrected chi connectivity index (χ3v) is 4.16. The largest absolute Gasteiger partial charge is 0.314 e. The standard InChI is InChI=1S/C14H18BrF2N/c1-9(8-18-10-3-2-4-10)7-11-13(16)6-5-12(15)14(11)17/h5-6,9-10,18H,2-4,7-8H2,1H3. The summed E-state index contributed by atoms with van der Waals surface area (Å²) in [6.07, 6.45) is 4.18. The maximum absolute atomic E-state index is 13.8. The van der Waals surface area contributed by atoms with Crippen molar-refractivity contribution in [2.45, 2.75) is 38.6 Å². The molecule has 1 saturated carbocycles. The minimum atomic E-state index is -0.467. The average Bonchev–Trinajstić information content (AvgIpc) is 2.28. The molecule has 1 N–H and O–H groups in total. The summed E-state index contributed by atoms with van der Waals surface area (Å²) in [6.45, 7) is 2.83. The summed E-state index contributed by atoms with van der Waals surface area (Å²) in [6, 6.07) is 3.34. The second-order valence-electron chi connectivity index (χ2n) is 5.17. The molecule has 0 aliphatic heterocycles. The Morgan fingerprint density at radius 1 is 1.39 bits per heavy atom. The first kappa shape index (κ1) is 13.9. The molecule has 1 aromatic carbocycles. The molecule has 1 fully saturated rings. The Kier molecular flexibility index (Phi) is 4.73. The highest BCUT2D eigenvalue weighted by atomic mass is 79.9. The van der Waals surface area contributed by atoms with E-state index in [-0.39, 0.29) is 11.5 Å². The van der Waals surface area contributed by atoms with E-state index < -0.39 is 11.6 Å². The fourth-order valence-electron chi connectivity index (χ4n) is 2.16. The van der Waals surface area contributed by atoms with Crippen LogP contribution in [0.3, 0.4) is 0 Å². The van der Waals surface area contributed by atoms with E-state index in [2.05, 4.69) is 21.2 Å². The molecule has 2 rings (SSSR count). The van der Waals surface area contributed by atoms with Crippen molar-refractivity contribution in [1.82, 2.24) is 5.32 Å². The molecule has 18 heavy (non-hydrogen) atoms. The van der Waals surface area contributed by atoms with Crippen molar-refractivity contribution in [3.8, 4) is 0 Å². The van der Waals surface area contributed by atoms with Gasteiger partial charge in [0.05, 0.1) is 4.47 Å². The number of hydrogen-bond acceptors (Lipinski definition) is 1. The van der Waals surface area contributed by atoms with Crippen LogP contribution in [0.2, 0.25) is 0 Å². The quantitative estimate of drug-likeness (QED) is 0.808. The summed E-state index contributed by atoms with van der Waals surface area (Å²) in [5.74, 6) is -0.694. The molecule has 1 aliphatic rings. The highest BCUT2D eigenvalue weighted by Gasteiger charge is 2.19. The van der Waals surface area contributed by atoms with Crippen LogP contribution in [0.15, 0.2) is 16.6 Å². The van der Waals surface area contributed by atoms with Crippen molar-refractivity contribution in [1.29, 1.82) is 0 Å². The maximum Gasteiger partial charge on any atom is 0.143 e. The fourth-order valence-corrected chi connectivity index (χ4v) is 2.53. The average molecular weight is 318 g/mol. The van der Waals surface area contributed by atoms with Gasteiger partial charge in [-0.2, -0.15) is 0 Å². The van der Waals surface area contributed by atoms with Gasteiger partial charge in [-0.1, -0.05) is 13.3 Å². The predicted octanol–water partition coefficient (Wildman–Crippen LogP) is 4.05. The zero-order chi connectivity index (χ0) is 13.1. The molecule has 1 nitrogen and oxygen atoms in total. The highest BCUT2D eigenvalue weighted by molar-refractivity contribution is 9.10. The highest BCUT2D eigenvalue weighted by Crippen LogP contribution is 2.24. The van der Waals surface area contributed by atoms with Crippen LogP contribution in [0.1, 0.15) is 31.7 Å². The van der Waals surface area contributed by atoms with Gasteiger partial charge in [0.15, 0.2) is 0 Å². The van der Waals surface area contributed by atoms with Crippen LogP contribution in [-0.4, -0.2) is 12.6 Å². The summed E-state index contributed by atoms with van der Waals surface area (Å²) in [4.78, 5) is 0. The molecule has 0 radical (unpaired) electrons. The third-order valence-electron chi connectivity index (χ3n) is 3.55. The van der Waals surface area contributed by atoms with Crippen LogP contribution in [0.5, 0.6) is 0 Å². The molecule has 1 unspecified atom stereocenters. The SMILES string of the molecule is CC(CNC1CCC1)Cc1c(F)ccc(Br)c1F. The van der Waals surface area contributed by atoms with Crippen molar-refractivity contribution in [3.63, 3.8) is 0 Å². The third kappa shape index (κ3) is 3.29. The first-order valence-electron chi connectivity index (χ1n) is 6.43. The van der Waals surface area contributed by atoms with Gasteiger partial charge in [-0.3, -0.25) is 0 Å². The molecule has 1 aromatic rings. The van der Waals surface area contributed by atoms with Gasteiger partial charge in [0.2, 0.25) is 0 Å². The van der Waals surface area contributed by atoms with E-state index in [1.165, 1.54) is 31.4 Å². The normalized spacial score (nSPS) is 17.6. The van der Waals surface area contributed by atoms with Crippen LogP contribution < -0.4 is 5.32 Å². The van der Waals surface area contributed by atoms with Crippen molar-refractivity contribution in [2.24, 2.45) is 5.92 Å². The van der Waals surface area contributed by atoms with Crippen molar-refractivity contribution >= 4 is 15.9 Å². The van der Waals surface area contributed by atoms with Crippen LogP contribution in [0.4, 0.5) is 8.78 Å². The van der Waals surface area contributed by atoms with Crippen molar-refractivity contribution in [2.75, 3.05) is 6.54 Å². The second kappa shape index (κ2) is 6.11. The Labute approximate surface area is 115 Å². The molecular formula is C14H18BrF2N. The van der Waals surface area contributed by atoms with Gasteiger partial charge in [0.25, 0.3) is 0 Å². The van der Waals surface area contributed by atoms with Gasteiger partial charge < -0.3 is 5.32 Å². The summed E-state index contributed by atoms with van der Waals surface area (Å²) < 4.78 is 27.7. The zero-order valence-corrected chi connectivity index (χ0v) is 12.1. The first-order valence-corrected chi connectivity index (χ1v) is 7.23. The van der Waals surface area contributed by atoms with Gasteiger partial charge in [0.1, 0.15) is 11.6 Å². The molecule has 4 heteroatoms. The van der Waals surface area contributed by atoms with Gasteiger partial charge >= 0.3 is 0 Å². The minimum absolute atomic E-state index is 0.187. The molecule has 1 atom stereocenters. The number of benzene rings is 1. The van der Waals surface area contributed by atoms with Crippen molar-refractivity contribution < 1.29 is 8.78 Å². The predicted molar refractivity (Wildman–Crippen MR) is 72.6 cm³/mol.